The van der Waals surface area contributed by atoms with Crippen LogP contribution in [0, 0.1) is 5.92 Å². The fraction of sp³-hybridized carbons (Fsp3) is 1.00. The maximum atomic E-state index is 11.0. The van der Waals surface area contributed by atoms with Gasteiger partial charge in [0.1, 0.15) is 0 Å². The molecule has 0 saturated carbocycles. The van der Waals surface area contributed by atoms with E-state index in [2.05, 4.69) is 0 Å². The van der Waals surface area contributed by atoms with Crippen LogP contribution >= 0.6 is 0 Å². The lowest BCUT2D eigenvalue weighted by Crippen LogP contribution is -2.43. The predicted molar refractivity (Wildman–Crippen MR) is 41.8 cm³/mol. The molecular weight excluding hydrogens is 166 g/mol. The van der Waals surface area contributed by atoms with Crippen LogP contribution < -0.4 is 5.73 Å². The molecule has 4 nitrogen and oxygen atoms in total. The monoisotopic (exact) mass is 179 g/mol. The van der Waals surface area contributed by atoms with E-state index in [0.29, 0.717) is 6.42 Å². The molecule has 2 unspecified atom stereocenters. The molecule has 11 heavy (non-hydrogen) atoms. The second-order valence-electron chi connectivity index (χ2n) is 3.01. The second kappa shape index (κ2) is 3.08. The fourth-order valence-electron chi connectivity index (χ4n) is 1.27. The Bertz CT molecular complexity index is 224. The van der Waals surface area contributed by atoms with E-state index in [1.54, 1.807) is 0 Å². The Morgan fingerprint density at radius 3 is 2.64 bits per heavy atom. The van der Waals surface area contributed by atoms with Crippen LogP contribution in [-0.2, 0) is 9.84 Å². The molecule has 0 aromatic rings. The molecule has 1 saturated heterocycles. The van der Waals surface area contributed by atoms with Crippen LogP contribution in [-0.4, -0.2) is 37.7 Å². The molecular formula is C6H13NO3S. The Morgan fingerprint density at radius 1 is 1.55 bits per heavy atom. The molecule has 1 aliphatic heterocycles. The third-order valence-corrected chi connectivity index (χ3v) is 3.86. The first-order valence-electron chi connectivity index (χ1n) is 3.62. The number of nitrogens with two attached hydrogens (primary N) is 1. The van der Waals surface area contributed by atoms with Crippen molar-refractivity contribution < 1.29 is 13.5 Å². The van der Waals surface area contributed by atoms with Gasteiger partial charge in [-0.25, -0.2) is 8.42 Å². The maximum Gasteiger partial charge on any atom is 0.150 e. The highest BCUT2D eigenvalue weighted by molar-refractivity contribution is 7.91. The third kappa shape index (κ3) is 2.15. The lowest BCUT2D eigenvalue weighted by Gasteiger charge is -2.26. The van der Waals surface area contributed by atoms with Gasteiger partial charge in [0.05, 0.1) is 11.5 Å². The second-order valence-corrected chi connectivity index (χ2v) is 5.24. The molecule has 0 aromatic carbocycles. The minimum absolute atomic E-state index is 0.0463. The van der Waals surface area contributed by atoms with Crippen LogP contribution in [0.3, 0.4) is 0 Å². The van der Waals surface area contributed by atoms with Gasteiger partial charge in [0.15, 0.2) is 9.84 Å². The quantitative estimate of drug-likeness (QED) is 0.526. The van der Waals surface area contributed by atoms with Gasteiger partial charge in [-0.1, -0.05) is 0 Å². The van der Waals surface area contributed by atoms with Crippen LogP contribution in [0.15, 0.2) is 0 Å². The lowest BCUT2D eigenvalue weighted by atomic mass is 10.0. The molecule has 1 aliphatic rings. The predicted octanol–water partition coefficient (Wildman–Crippen LogP) is -1.26. The normalized spacial score (nSPS) is 36.9. The zero-order chi connectivity index (χ0) is 8.48. The van der Waals surface area contributed by atoms with Gasteiger partial charge >= 0.3 is 0 Å². The molecule has 3 N–H and O–H groups in total. The van der Waals surface area contributed by atoms with E-state index in [-0.39, 0.29) is 30.1 Å². The number of hydrogen-bond donors (Lipinski definition) is 2. The molecule has 0 amide bonds. The summed E-state index contributed by atoms with van der Waals surface area (Å²) in [5.74, 6) is -0.0382. The maximum absolute atomic E-state index is 11.0. The summed E-state index contributed by atoms with van der Waals surface area (Å²) in [5, 5.41) is 8.75. The van der Waals surface area contributed by atoms with Crippen molar-refractivity contribution in [1.29, 1.82) is 0 Å². The van der Waals surface area contributed by atoms with Crippen molar-refractivity contribution in [3.8, 4) is 0 Å². The first-order valence-corrected chi connectivity index (χ1v) is 5.44. The van der Waals surface area contributed by atoms with Crippen molar-refractivity contribution in [3.63, 3.8) is 0 Å². The highest BCUT2D eigenvalue weighted by Gasteiger charge is 2.29. The van der Waals surface area contributed by atoms with Crippen molar-refractivity contribution in [2.75, 3.05) is 18.1 Å². The van der Waals surface area contributed by atoms with Crippen LogP contribution in [0.4, 0.5) is 0 Å². The molecule has 5 heteroatoms. The molecule has 0 spiro atoms. The van der Waals surface area contributed by atoms with Crippen molar-refractivity contribution in [3.05, 3.63) is 0 Å². The van der Waals surface area contributed by atoms with E-state index in [1.807, 2.05) is 0 Å². The highest BCUT2D eigenvalue weighted by atomic mass is 32.2. The average molecular weight is 179 g/mol. The Hall–Kier alpha value is -0.130. The summed E-state index contributed by atoms with van der Waals surface area (Å²) in [6, 6.07) is -0.150. The molecule has 2 atom stereocenters. The van der Waals surface area contributed by atoms with Gasteiger partial charge < -0.3 is 10.8 Å². The molecule has 1 rings (SSSR count). The number of rotatable bonds is 1. The molecule has 0 aromatic heterocycles. The Balaban J connectivity index is 2.66. The largest absolute Gasteiger partial charge is 0.396 e. The summed E-state index contributed by atoms with van der Waals surface area (Å²) >= 11 is 0. The lowest BCUT2D eigenvalue weighted by molar-refractivity contribution is 0.212. The van der Waals surface area contributed by atoms with Gasteiger partial charge in [-0.3, -0.25) is 0 Å². The third-order valence-electron chi connectivity index (χ3n) is 2.07. The van der Waals surface area contributed by atoms with Crippen LogP contribution in [0.25, 0.3) is 0 Å². The van der Waals surface area contributed by atoms with Gasteiger partial charge in [0.2, 0.25) is 0 Å². The van der Waals surface area contributed by atoms with Gasteiger partial charge in [0, 0.05) is 18.6 Å². The number of hydrogen-bond acceptors (Lipinski definition) is 4. The van der Waals surface area contributed by atoms with E-state index >= 15 is 0 Å². The SMILES string of the molecule is NC1CCS(=O)(=O)CC1CO. The van der Waals surface area contributed by atoms with Crippen molar-refractivity contribution in [2.24, 2.45) is 11.7 Å². The van der Waals surface area contributed by atoms with Crippen molar-refractivity contribution >= 4 is 9.84 Å². The number of aliphatic hydroxyl groups excluding tert-OH is 1. The fourth-order valence-corrected chi connectivity index (χ4v) is 3.08. The van der Waals surface area contributed by atoms with E-state index in [0.717, 1.165) is 0 Å². The van der Waals surface area contributed by atoms with E-state index in [9.17, 15) is 8.42 Å². The first-order chi connectivity index (χ1) is 5.05. The summed E-state index contributed by atoms with van der Waals surface area (Å²) < 4.78 is 22.0. The molecule has 1 heterocycles. The Kier molecular flexibility index (Phi) is 2.51. The summed E-state index contributed by atoms with van der Waals surface area (Å²) in [6.07, 6.45) is 0.480. The topological polar surface area (TPSA) is 80.4 Å². The zero-order valence-electron chi connectivity index (χ0n) is 6.23. The van der Waals surface area contributed by atoms with Crippen LogP contribution in [0.5, 0.6) is 0 Å². The number of aliphatic hydroxyl groups is 1. The van der Waals surface area contributed by atoms with Gasteiger partial charge in [-0.15, -0.1) is 0 Å². The van der Waals surface area contributed by atoms with Crippen LogP contribution in [0.2, 0.25) is 0 Å². The average Bonchev–Trinajstić information content (AvgIpc) is 1.94. The summed E-state index contributed by atoms with van der Waals surface area (Å²) in [5.41, 5.74) is 5.59. The van der Waals surface area contributed by atoms with E-state index in [1.165, 1.54) is 0 Å². The summed E-state index contributed by atoms with van der Waals surface area (Å²) in [4.78, 5) is 0. The van der Waals surface area contributed by atoms with Gasteiger partial charge in [-0.05, 0) is 6.42 Å². The molecule has 0 radical (unpaired) electrons. The molecule has 0 bridgehead atoms. The minimum atomic E-state index is -2.92. The zero-order valence-corrected chi connectivity index (χ0v) is 7.05. The van der Waals surface area contributed by atoms with E-state index < -0.39 is 9.84 Å². The minimum Gasteiger partial charge on any atom is -0.396 e. The van der Waals surface area contributed by atoms with E-state index in [4.69, 9.17) is 10.8 Å². The van der Waals surface area contributed by atoms with Crippen LogP contribution in [0.1, 0.15) is 6.42 Å². The molecule has 0 aliphatic carbocycles. The van der Waals surface area contributed by atoms with Crippen molar-refractivity contribution in [2.45, 2.75) is 12.5 Å². The van der Waals surface area contributed by atoms with Gasteiger partial charge in [-0.2, -0.15) is 0 Å². The Morgan fingerprint density at radius 2 is 2.18 bits per heavy atom. The smallest absolute Gasteiger partial charge is 0.150 e. The first kappa shape index (κ1) is 8.96. The highest BCUT2D eigenvalue weighted by Crippen LogP contribution is 2.16. The Labute approximate surface area is 66.3 Å². The summed E-state index contributed by atoms with van der Waals surface area (Å²) in [7, 11) is -2.92. The standard InChI is InChI=1S/C6H13NO3S/c7-6-1-2-11(9,10)4-5(6)3-8/h5-6,8H,1-4,7H2. The van der Waals surface area contributed by atoms with Crippen molar-refractivity contribution in [1.82, 2.24) is 0 Å². The molecule has 66 valence electrons. The summed E-state index contributed by atoms with van der Waals surface area (Å²) in [6.45, 7) is -0.125. The molecule has 1 fully saturated rings. The van der Waals surface area contributed by atoms with Gasteiger partial charge in [0.25, 0.3) is 0 Å². The number of sulfone groups is 1.